The van der Waals surface area contributed by atoms with Gasteiger partial charge >= 0.3 is 0 Å². The van der Waals surface area contributed by atoms with Crippen LogP contribution in [0.25, 0.3) is 27.5 Å². The van der Waals surface area contributed by atoms with Gasteiger partial charge in [-0.2, -0.15) is 0 Å². The molecular weight excluding hydrogens is 486 g/mol. The second-order valence-corrected chi connectivity index (χ2v) is 7.23. The van der Waals surface area contributed by atoms with E-state index in [1.165, 1.54) is 4.80 Å². The molecule has 0 spiro atoms. The topological polar surface area (TPSA) is 50.9 Å². The summed E-state index contributed by atoms with van der Waals surface area (Å²) in [5.41, 5.74) is 3.28. The van der Waals surface area contributed by atoms with Gasteiger partial charge in [-0.3, -0.25) is 0 Å². The minimum absolute atomic E-state index is 0.177. The third-order valence-electron chi connectivity index (χ3n) is 4.92. The Balaban J connectivity index is 0.000000165. The van der Waals surface area contributed by atoms with Crippen LogP contribution < -0.4 is 0 Å². The van der Waals surface area contributed by atoms with Crippen molar-refractivity contribution in [2.45, 2.75) is 6.92 Å². The molecule has 12 heteroatoms. The van der Waals surface area contributed by atoms with Gasteiger partial charge in [0.05, 0.1) is 10.8 Å². The van der Waals surface area contributed by atoms with E-state index in [-0.39, 0.29) is 5.75 Å². The summed E-state index contributed by atoms with van der Waals surface area (Å²) in [4.78, 5) is 1.47. The standard InChI is InChI=1S/C13H11N3O.C10F8/c1-9-6-7-13(17)12(8-9)16-14-10-4-2-3-5-11(10)15-16;11-3-1-2(5(13)9(17)7(3)15)6(14)10(18)8(16)4(1)12/h2-8,17H,1H3;. The third kappa shape index (κ3) is 4.00. The van der Waals surface area contributed by atoms with Gasteiger partial charge in [-0.25, -0.2) is 35.1 Å². The van der Waals surface area contributed by atoms with Crippen LogP contribution in [-0.4, -0.2) is 20.1 Å². The molecule has 1 heterocycles. The fraction of sp³-hybridized carbons (Fsp3) is 0.0435. The fourth-order valence-corrected chi connectivity index (χ4v) is 3.22. The van der Waals surface area contributed by atoms with Gasteiger partial charge in [0, 0.05) is 0 Å². The predicted molar refractivity (Wildman–Crippen MR) is 109 cm³/mol. The average molecular weight is 497 g/mol. The van der Waals surface area contributed by atoms with Crippen molar-refractivity contribution in [1.82, 2.24) is 15.0 Å². The molecular formula is C23H11F8N3O. The van der Waals surface area contributed by atoms with E-state index in [2.05, 4.69) is 10.2 Å². The zero-order valence-corrected chi connectivity index (χ0v) is 17.4. The van der Waals surface area contributed by atoms with Crippen molar-refractivity contribution in [3.05, 3.63) is 94.6 Å². The Kier molecular flexibility index (Phi) is 6.05. The number of aromatic hydroxyl groups is 1. The Morgan fingerprint density at radius 1 is 0.600 bits per heavy atom. The molecule has 0 radical (unpaired) electrons. The SMILES string of the molecule is Cc1ccc(O)c(-n2nc3ccccc3n2)c1.Fc1c(F)c(F)c2c(F)c(F)c(F)c(F)c2c1F. The zero-order chi connectivity index (χ0) is 25.6. The van der Waals surface area contributed by atoms with Crippen molar-refractivity contribution in [2.24, 2.45) is 0 Å². The van der Waals surface area contributed by atoms with Crippen molar-refractivity contribution in [2.75, 3.05) is 0 Å². The van der Waals surface area contributed by atoms with Crippen LogP contribution in [-0.2, 0) is 0 Å². The highest BCUT2D eigenvalue weighted by Gasteiger charge is 2.30. The van der Waals surface area contributed by atoms with Crippen molar-refractivity contribution >= 4 is 21.8 Å². The number of hydrogen-bond acceptors (Lipinski definition) is 3. The summed E-state index contributed by atoms with van der Waals surface area (Å²) in [7, 11) is 0. The number of aryl methyl sites for hydroxylation is 1. The first-order valence-corrected chi connectivity index (χ1v) is 9.62. The fourth-order valence-electron chi connectivity index (χ4n) is 3.22. The third-order valence-corrected chi connectivity index (χ3v) is 4.92. The van der Waals surface area contributed by atoms with Crippen LogP contribution in [0.3, 0.4) is 0 Å². The Bertz CT molecular complexity index is 1470. The second kappa shape index (κ2) is 8.85. The van der Waals surface area contributed by atoms with Crippen LogP contribution in [0.1, 0.15) is 5.56 Å². The number of phenolic OH excluding ortho intramolecular Hbond substituents is 1. The summed E-state index contributed by atoms with van der Waals surface area (Å²) in [5.74, 6) is -19.0. The summed E-state index contributed by atoms with van der Waals surface area (Å²) >= 11 is 0. The van der Waals surface area contributed by atoms with Gasteiger partial charge < -0.3 is 5.11 Å². The number of fused-ring (bicyclic) bond motifs is 2. The van der Waals surface area contributed by atoms with E-state index in [4.69, 9.17) is 0 Å². The average Bonchev–Trinajstić information content (AvgIpc) is 3.28. The number of phenols is 1. The zero-order valence-electron chi connectivity index (χ0n) is 17.4. The highest BCUT2D eigenvalue weighted by Crippen LogP contribution is 2.33. The molecule has 35 heavy (non-hydrogen) atoms. The maximum atomic E-state index is 13.1. The van der Waals surface area contributed by atoms with E-state index in [0.717, 1.165) is 16.6 Å². The normalized spacial score (nSPS) is 11.1. The van der Waals surface area contributed by atoms with Crippen LogP contribution >= 0.6 is 0 Å². The van der Waals surface area contributed by atoms with Crippen LogP contribution in [0.4, 0.5) is 35.1 Å². The second-order valence-electron chi connectivity index (χ2n) is 7.23. The molecule has 0 bridgehead atoms. The van der Waals surface area contributed by atoms with E-state index < -0.39 is 57.3 Å². The lowest BCUT2D eigenvalue weighted by atomic mass is 10.1. The molecule has 0 aliphatic rings. The van der Waals surface area contributed by atoms with Crippen molar-refractivity contribution in [3.63, 3.8) is 0 Å². The smallest absolute Gasteiger partial charge is 0.198 e. The van der Waals surface area contributed by atoms with Gasteiger partial charge in [-0.1, -0.05) is 18.2 Å². The predicted octanol–water partition coefficient (Wildman–Crippen LogP) is 6.39. The largest absolute Gasteiger partial charge is 0.506 e. The Morgan fingerprint density at radius 3 is 1.40 bits per heavy atom. The number of benzene rings is 4. The highest BCUT2D eigenvalue weighted by atomic mass is 19.2. The van der Waals surface area contributed by atoms with E-state index >= 15 is 0 Å². The molecule has 0 fully saturated rings. The first kappa shape index (κ1) is 23.9. The molecule has 1 aromatic heterocycles. The Morgan fingerprint density at radius 2 is 1.00 bits per heavy atom. The molecule has 0 unspecified atom stereocenters. The number of hydrogen-bond donors (Lipinski definition) is 1. The van der Waals surface area contributed by atoms with E-state index in [1.54, 1.807) is 6.07 Å². The Hall–Kier alpha value is -4.22. The number of halogens is 8. The molecule has 0 aliphatic carbocycles. The lowest BCUT2D eigenvalue weighted by Crippen LogP contribution is -2.06. The molecule has 0 saturated heterocycles. The minimum atomic E-state index is -2.45. The van der Waals surface area contributed by atoms with Crippen molar-refractivity contribution < 1.29 is 40.2 Å². The maximum Gasteiger partial charge on any atom is 0.198 e. The summed E-state index contributed by atoms with van der Waals surface area (Å²) in [6.07, 6.45) is 0. The molecule has 0 amide bonds. The quantitative estimate of drug-likeness (QED) is 0.166. The van der Waals surface area contributed by atoms with Gasteiger partial charge in [0.2, 0.25) is 0 Å². The molecule has 180 valence electrons. The van der Waals surface area contributed by atoms with E-state index in [9.17, 15) is 40.2 Å². The lowest BCUT2D eigenvalue weighted by molar-refractivity contribution is 0.395. The summed E-state index contributed by atoms with van der Waals surface area (Å²) in [6, 6.07) is 13.0. The molecule has 5 rings (SSSR count). The number of rotatable bonds is 1. The van der Waals surface area contributed by atoms with Gasteiger partial charge in [0.15, 0.2) is 46.5 Å². The van der Waals surface area contributed by atoms with Gasteiger partial charge in [0.1, 0.15) is 22.5 Å². The first-order chi connectivity index (χ1) is 16.5. The van der Waals surface area contributed by atoms with Gasteiger partial charge in [-0.15, -0.1) is 15.0 Å². The molecule has 0 atom stereocenters. The van der Waals surface area contributed by atoms with Crippen LogP contribution in [0.2, 0.25) is 0 Å². The van der Waals surface area contributed by atoms with Crippen LogP contribution in [0, 0.1) is 53.5 Å². The van der Waals surface area contributed by atoms with Crippen LogP contribution in [0.5, 0.6) is 5.75 Å². The molecule has 1 N–H and O–H groups in total. The molecule has 4 aromatic carbocycles. The Labute approximate surface area is 190 Å². The van der Waals surface area contributed by atoms with Crippen LogP contribution in [0.15, 0.2) is 42.5 Å². The van der Waals surface area contributed by atoms with Gasteiger partial charge in [-0.05, 0) is 36.8 Å². The van der Waals surface area contributed by atoms with Gasteiger partial charge in [0.25, 0.3) is 0 Å². The number of nitrogens with zero attached hydrogens (tertiary/aromatic N) is 3. The maximum absolute atomic E-state index is 13.1. The van der Waals surface area contributed by atoms with E-state index in [1.807, 2.05) is 43.3 Å². The number of aromatic nitrogens is 3. The molecule has 0 saturated carbocycles. The molecule has 5 aromatic rings. The lowest BCUT2D eigenvalue weighted by Gasteiger charge is -2.08. The summed E-state index contributed by atoms with van der Waals surface area (Å²) in [5, 5.41) is 14.8. The molecule has 4 nitrogen and oxygen atoms in total. The summed E-state index contributed by atoms with van der Waals surface area (Å²) < 4.78 is 104. The van der Waals surface area contributed by atoms with Crippen molar-refractivity contribution in [1.29, 1.82) is 0 Å². The summed E-state index contributed by atoms with van der Waals surface area (Å²) in [6.45, 7) is 1.96. The van der Waals surface area contributed by atoms with Crippen molar-refractivity contribution in [3.8, 4) is 11.4 Å². The minimum Gasteiger partial charge on any atom is -0.506 e. The first-order valence-electron chi connectivity index (χ1n) is 9.62. The monoisotopic (exact) mass is 497 g/mol. The van der Waals surface area contributed by atoms with E-state index in [0.29, 0.717) is 5.69 Å². The molecule has 0 aliphatic heterocycles. The highest BCUT2D eigenvalue weighted by molar-refractivity contribution is 5.85.